The van der Waals surface area contributed by atoms with Gasteiger partial charge in [0.25, 0.3) is 5.91 Å². The van der Waals surface area contributed by atoms with E-state index in [9.17, 15) is 22.8 Å². The van der Waals surface area contributed by atoms with Gasteiger partial charge in [-0.3, -0.25) is 10.1 Å². The van der Waals surface area contributed by atoms with Crippen LogP contribution in [0.1, 0.15) is 20.7 Å². The van der Waals surface area contributed by atoms with Gasteiger partial charge in [0.15, 0.2) is 5.13 Å². The van der Waals surface area contributed by atoms with Gasteiger partial charge in [0, 0.05) is 11.6 Å². The molecule has 0 radical (unpaired) electrons. The minimum Gasteiger partial charge on any atom is -0.465 e. The quantitative estimate of drug-likeness (QED) is 0.668. The SMILES string of the molecule is COC(=O)c1ccc(C(=O)Nc2nc3ccc(OC(F)(F)F)cc3s2)cc1. The zero-order chi connectivity index (χ0) is 19.6. The molecule has 1 amide bonds. The summed E-state index contributed by atoms with van der Waals surface area (Å²) >= 11 is 1.01. The number of fused-ring (bicyclic) bond motifs is 1. The number of hydrogen-bond donors (Lipinski definition) is 1. The van der Waals surface area contributed by atoms with Crippen molar-refractivity contribution in [3.05, 3.63) is 53.6 Å². The average molecular weight is 396 g/mol. The molecule has 0 aliphatic rings. The van der Waals surface area contributed by atoms with Crippen LogP contribution in [0.2, 0.25) is 0 Å². The van der Waals surface area contributed by atoms with Crippen molar-refractivity contribution in [1.82, 2.24) is 4.98 Å². The van der Waals surface area contributed by atoms with Gasteiger partial charge < -0.3 is 9.47 Å². The van der Waals surface area contributed by atoms with E-state index in [1.807, 2.05) is 0 Å². The Morgan fingerprint density at radius 3 is 2.37 bits per heavy atom. The second-order valence-corrected chi connectivity index (χ2v) is 6.25. The number of nitrogens with zero attached hydrogens (tertiary/aromatic N) is 1. The molecule has 0 spiro atoms. The van der Waals surface area contributed by atoms with Crippen molar-refractivity contribution in [2.24, 2.45) is 0 Å². The standard InChI is InChI=1S/C17H11F3N2O4S/c1-25-15(24)10-4-2-9(3-5-10)14(23)22-16-21-12-7-6-11(8-13(12)27-16)26-17(18,19)20/h2-8H,1H3,(H,21,22,23). The third kappa shape index (κ3) is 4.53. The van der Waals surface area contributed by atoms with Crippen LogP contribution in [-0.4, -0.2) is 30.3 Å². The zero-order valence-electron chi connectivity index (χ0n) is 13.7. The number of carbonyl (C=O) groups excluding carboxylic acids is 2. The molecular formula is C17H11F3N2O4S. The highest BCUT2D eigenvalue weighted by Crippen LogP contribution is 2.31. The van der Waals surface area contributed by atoms with E-state index in [1.54, 1.807) is 0 Å². The molecule has 0 unspecified atom stereocenters. The Morgan fingerprint density at radius 2 is 1.74 bits per heavy atom. The Bertz CT molecular complexity index is 1000. The van der Waals surface area contributed by atoms with Gasteiger partial charge >= 0.3 is 12.3 Å². The summed E-state index contributed by atoms with van der Waals surface area (Å²) in [4.78, 5) is 27.8. The molecule has 0 saturated heterocycles. The average Bonchev–Trinajstić information content (AvgIpc) is 3.01. The van der Waals surface area contributed by atoms with Crippen molar-refractivity contribution in [2.75, 3.05) is 12.4 Å². The maximum Gasteiger partial charge on any atom is 0.573 e. The number of ether oxygens (including phenoxy) is 2. The van der Waals surface area contributed by atoms with Gasteiger partial charge in [0.1, 0.15) is 5.75 Å². The molecule has 6 nitrogen and oxygen atoms in total. The molecule has 0 aliphatic heterocycles. The topological polar surface area (TPSA) is 77.5 Å². The zero-order valence-corrected chi connectivity index (χ0v) is 14.5. The number of hydrogen-bond acceptors (Lipinski definition) is 6. The number of methoxy groups -OCH3 is 1. The maximum absolute atomic E-state index is 12.3. The number of amides is 1. The number of thiazole rings is 1. The number of carbonyl (C=O) groups is 2. The Kier molecular flexibility index (Phi) is 5.00. The minimum atomic E-state index is -4.79. The van der Waals surface area contributed by atoms with E-state index >= 15 is 0 Å². The third-order valence-corrected chi connectivity index (χ3v) is 4.32. The minimum absolute atomic E-state index is 0.219. The second kappa shape index (κ2) is 7.23. The van der Waals surface area contributed by atoms with Crippen molar-refractivity contribution >= 4 is 38.6 Å². The lowest BCUT2D eigenvalue weighted by Gasteiger charge is -2.07. The monoisotopic (exact) mass is 396 g/mol. The fourth-order valence-corrected chi connectivity index (χ4v) is 3.09. The van der Waals surface area contributed by atoms with E-state index in [0.717, 1.165) is 17.4 Å². The van der Waals surface area contributed by atoms with Crippen LogP contribution in [0.4, 0.5) is 18.3 Å². The van der Waals surface area contributed by atoms with Crippen molar-refractivity contribution < 1.29 is 32.2 Å². The number of anilines is 1. The first kappa shape index (κ1) is 18.6. The predicted molar refractivity (Wildman–Crippen MR) is 92.0 cm³/mol. The molecule has 140 valence electrons. The summed E-state index contributed by atoms with van der Waals surface area (Å²) in [6.45, 7) is 0. The Balaban J connectivity index is 1.75. The molecule has 1 heterocycles. The van der Waals surface area contributed by atoms with E-state index in [-0.39, 0.29) is 16.4 Å². The van der Waals surface area contributed by atoms with Gasteiger partial charge in [0.05, 0.1) is 22.9 Å². The first-order chi connectivity index (χ1) is 12.7. The molecular weight excluding hydrogens is 385 g/mol. The Hall–Kier alpha value is -3.14. The van der Waals surface area contributed by atoms with Crippen LogP contribution in [0.3, 0.4) is 0 Å². The van der Waals surface area contributed by atoms with Crippen LogP contribution in [0.25, 0.3) is 10.2 Å². The summed E-state index contributed by atoms with van der Waals surface area (Å²) in [6.07, 6.45) is -4.79. The molecule has 0 aliphatic carbocycles. The van der Waals surface area contributed by atoms with Crippen LogP contribution in [0, 0.1) is 0 Å². The van der Waals surface area contributed by atoms with Crippen LogP contribution in [-0.2, 0) is 4.74 Å². The highest BCUT2D eigenvalue weighted by Gasteiger charge is 2.31. The summed E-state index contributed by atoms with van der Waals surface area (Å²) in [7, 11) is 1.25. The summed E-state index contributed by atoms with van der Waals surface area (Å²) in [6, 6.07) is 9.50. The van der Waals surface area contributed by atoms with Gasteiger partial charge in [0.2, 0.25) is 0 Å². The van der Waals surface area contributed by atoms with Gasteiger partial charge in [-0.2, -0.15) is 0 Å². The highest BCUT2D eigenvalue weighted by molar-refractivity contribution is 7.22. The van der Waals surface area contributed by atoms with Gasteiger partial charge in [-0.05, 0) is 36.4 Å². The van der Waals surface area contributed by atoms with Crippen LogP contribution in [0.15, 0.2) is 42.5 Å². The van der Waals surface area contributed by atoms with Gasteiger partial charge in [-0.1, -0.05) is 11.3 Å². The van der Waals surface area contributed by atoms with Crippen LogP contribution >= 0.6 is 11.3 Å². The summed E-state index contributed by atoms with van der Waals surface area (Å²) in [5.74, 6) is -1.36. The highest BCUT2D eigenvalue weighted by atomic mass is 32.1. The molecule has 3 rings (SSSR count). The predicted octanol–water partition coefficient (Wildman–Crippen LogP) is 4.23. The van der Waals surface area contributed by atoms with E-state index < -0.39 is 18.2 Å². The molecule has 3 aromatic rings. The van der Waals surface area contributed by atoms with E-state index in [2.05, 4.69) is 19.8 Å². The molecule has 27 heavy (non-hydrogen) atoms. The fraction of sp³-hybridized carbons (Fsp3) is 0.118. The summed E-state index contributed by atoms with van der Waals surface area (Å²) < 4.78 is 45.7. The van der Waals surface area contributed by atoms with Crippen molar-refractivity contribution in [2.45, 2.75) is 6.36 Å². The lowest BCUT2D eigenvalue weighted by atomic mass is 10.1. The van der Waals surface area contributed by atoms with Crippen LogP contribution in [0.5, 0.6) is 5.75 Å². The first-order valence-corrected chi connectivity index (χ1v) is 8.23. The molecule has 0 atom stereocenters. The van der Waals surface area contributed by atoms with Crippen LogP contribution < -0.4 is 10.1 Å². The number of rotatable bonds is 4. The summed E-state index contributed by atoms with van der Waals surface area (Å²) in [5, 5.41) is 2.79. The molecule has 10 heteroatoms. The van der Waals surface area contributed by atoms with E-state index in [1.165, 1.54) is 43.5 Å². The fourth-order valence-electron chi connectivity index (χ4n) is 2.20. The van der Waals surface area contributed by atoms with Crippen molar-refractivity contribution in [3.8, 4) is 5.75 Å². The molecule has 0 saturated carbocycles. The third-order valence-electron chi connectivity index (χ3n) is 3.38. The van der Waals surface area contributed by atoms with Gasteiger partial charge in [-0.15, -0.1) is 13.2 Å². The largest absolute Gasteiger partial charge is 0.573 e. The molecule has 0 fully saturated rings. The second-order valence-electron chi connectivity index (χ2n) is 5.22. The molecule has 2 aromatic carbocycles. The van der Waals surface area contributed by atoms with Crippen molar-refractivity contribution in [1.29, 1.82) is 0 Å². The maximum atomic E-state index is 12.3. The number of nitrogens with one attached hydrogen (secondary N) is 1. The lowest BCUT2D eigenvalue weighted by molar-refractivity contribution is -0.274. The van der Waals surface area contributed by atoms with Gasteiger partial charge in [-0.25, -0.2) is 9.78 Å². The molecule has 0 bridgehead atoms. The Labute approximate surface area is 154 Å². The number of aromatic nitrogens is 1. The normalized spacial score (nSPS) is 11.3. The molecule has 1 aromatic heterocycles. The van der Waals surface area contributed by atoms with Crippen molar-refractivity contribution in [3.63, 3.8) is 0 Å². The number of benzene rings is 2. The number of halogens is 3. The van der Waals surface area contributed by atoms with E-state index in [0.29, 0.717) is 15.8 Å². The smallest absolute Gasteiger partial charge is 0.465 e. The van der Waals surface area contributed by atoms with E-state index in [4.69, 9.17) is 0 Å². The molecule has 1 N–H and O–H groups in total. The Morgan fingerprint density at radius 1 is 1.07 bits per heavy atom. The summed E-state index contributed by atoms with van der Waals surface area (Å²) in [5.41, 5.74) is 1.00. The first-order valence-electron chi connectivity index (χ1n) is 7.41. The number of alkyl halides is 3. The lowest BCUT2D eigenvalue weighted by Crippen LogP contribution is -2.16. The number of esters is 1.